The van der Waals surface area contributed by atoms with E-state index >= 15 is 0 Å². The Morgan fingerprint density at radius 3 is 2.80 bits per heavy atom. The standard InChI is InChI=1S/C17H19N3O3.C2H6/c1-22-10-2-3-13-11(8-10)15(19-18-13)16(21)23-14-9-20-7-6-17(20)5-4-12(14)17;1-2/h2-3,8,12,14H,4-7,9H2,1H3,(H,18,19);1-2H3. The Hall–Kier alpha value is -2.08. The van der Waals surface area contributed by atoms with Crippen LogP contribution in [0.1, 0.15) is 43.6 Å². The van der Waals surface area contributed by atoms with Crippen LogP contribution < -0.4 is 4.74 Å². The third-order valence-electron chi connectivity index (χ3n) is 6.09. The van der Waals surface area contributed by atoms with Crippen molar-refractivity contribution in [3.63, 3.8) is 0 Å². The van der Waals surface area contributed by atoms with Gasteiger partial charge in [0.2, 0.25) is 0 Å². The van der Waals surface area contributed by atoms with E-state index in [2.05, 4.69) is 15.1 Å². The number of nitrogens with zero attached hydrogens (tertiary/aromatic N) is 2. The number of benzene rings is 1. The number of nitrogens with one attached hydrogen (secondary N) is 1. The van der Waals surface area contributed by atoms with Crippen LogP contribution >= 0.6 is 0 Å². The molecule has 1 spiro atoms. The van der Waals surface area contributed by atoms with Crippen molar-refractivity contribution in [2.45, 2.75) is 44.8 Å². The van der Waals surface area contributed by atoms with E-state index in [1.165, 1.54) is 19.3 Å². The number of aromatic nitrogens is 2. The Kier molecular flexibility index (Phi) is 3.95. The van der Waals surface area contributed by atoms with Crippen molar-refractivity contribution in [2.24, 2.45) is 5.92 Å². The first-order chi connectivity index (χ1) is 12.2. The predicted molar refractivity (Wildman–Crippen MR) is 94.8 cm³/mol. The number of aromatic amines is 1. The molecule has 3 atom stereocenters. The summed E-state index contributed by atoms with van der Waals surface area (Å²) in [6, 6.07) is 5.53. The number of methoxy groups -OCH3 is 1. The van der Waals surface area contributed by atoms with Crippen molar-refractivity contribution in [3.8, 4) is 5.75 Å². The van der Waals surface area contributed by atoms with E-state index in [1.54, 1.807) is 7.11 Å². The third-order valence-corrected chi connectivity index (χ3v) is 6.09. The van der Waals surface area contributed by atoms with Gasteiger partial charge in [0.15, 0.2) is 5.69 Å². The van der Waals surface area contributed by atoms with E-state index in [-0.39, 0.29) is 12.1 Å². The molecule has 6 heteroatoms. The van der Waals surface area contributed by atoms with E-state index in [0.29, 0.717) is 22.9 Å². The molecule has 6 nitrogen and oxygen atoms in total. The number of hydrogen-bond acceptors (Lipinski definition) is 5. The molecule has 0 bridgehead atoms. The van der Waals surface area contributed by atoms with Crippen LogP contribution in [0, 0.1) is 5.92 Å². The predicted octanol–water partition coefficient (Wildman–Crippen LogP) is 2.99. The van der Waals surface area contributed by atoms with Crippen LogP contribution in [0.4, 0.5) is 0 Å². The number of rotatable bonds is 3. The number of H-pyrrole nitrogens is 1. The van der Waals surface area contributed by atoms with Crippen LogP contribution in [-0.4, -0.2) is 52.9 Å². The summed E-state index contributed by atoms with van der Waals surface area (Å²) in [5, 5.41) is 7.80. The van der Waals surface area contributed by atoms with Gasteiger partial charge < -0.3 is 9.47 Å². The summed E-state index contributed by atoms with van der Waals surface area (Å²) in [4.78, 5) is 15.1. The number of fused-ring (bicyclic) bond motifs is 1. The fourth-order valence-electron chi connectivity index (χ4n) is 4.64. The molecule has 2 aromatic rings. The minimum atomic E-state index is -0.334. The van der Waals surface area contributed by atoms with Gasteiger partial charge in [0.1, 0.15) is 11.9 Å². The third kappa shape index (κ3) is 2.27. The maximum Gasteiger partial charge on any atom is 0.359 e. The lowest BCUT2D eigenvalue weighted by Gasteiger charge is -2.57. The first kappa shape index (κ1) is 16.4. The molecule has 1 aliphatic carbocycles. The Bertz CT molecular complexity index is 798. The SMILES string of the molecule is CC.COc1ccc2[nH]nc(C(=O)OC3CN4CCC45CCC35)c2c1. The summed E-state index contributed by atoms with van der Waals surface area (Å²) < 4.78 is 11.1. The summed E-state index contributed by atoms with van der Waals surface area (Å²) in [5.41, 5.74) is 1.52. The molecular weight excluding hydrogens is 318 g/mol. The van der Waals surface area contributed by atoms with Gasteiger partial charge in [-0.05, 0) is 37.5 Å². The molecule has 5 rings (SSSR count). The molecule has 1 saturated carbocycles. The molecule has 134 valence electrons. The van der Waals surface area contributed by atoms with E-state index in [9.17, 15) is 4.79 Å². The average molecular weight is 343 g/mol. The normalized spacial score (nSPS) is 29.6. The van der Waals surface area contributed by atoms with E-state index in [0.717, 1.165) is 24.0 Å². The molecule has 3 unspecified atom stereocenters. The van der Waals surface area contributed by atoms with Crippen molar-refractivity contribution >= 4 is 16.9 Å². The van der Waals surface area contributed by atoms with Gasteiger partial charge in [0, 0.05) is 29.9 Å². The maximum absolute atomic E-state index is 12.6. The number of hydrogen-bond donors (Lipinski definition) is 1. The van der Waals surface area contributed by atoms with Crippen molar-refractivity contribution in [2.75, 3.05) is 20.2 Å². The molecule has 2 aliphatic heterocycles. The second kappa shape index (κ2) is 6.02. The van der Waals surface area contributed by atoms with Crippen molar-refractivity contribution in [1.29, 1.82) is 0 Å². The van der Waals surface area contributed by atoms with Gasteiger partial charge in [0.25, 0.3) is 0 Å². The summed E-state index contributed by atoms with van der Waals surface area (Å²) in [5.74, 6) is 0.884. The zero-order chi connectivity index (χ0) is 17.6. The molecule has 1 aromatic heterocycles. The number of ether oxygens (including phenoxy) is 2. The van der Waals surface area contributed by atoms with Crippen molar-refractivity contribution in [1.82, 2.24) is 15.1 Å². The molecular formula is C19H25N3O3. The maximum atomic E-state index is 12.6. The van der Waals surface area contributed by atoms with Gasteiger partial charge in [-0.2, -0.15) is 5.10 Å². The summed E-state index contributed by atoms with van der Waals surface area (Å²) in [6.07, 6.45) is 3.70. The van der Waals surface area contributed by atoms with Crippen LogP contribution in [0.15, 0.2) is 18.2 Å². The lowest BCUT2D eigenvalue weighted by molar-refractivity contribution is -0.0772. The molecule has 3 heterocycles. The van der Waals surface area contributed by atoms with Crippen molar-refractivity contribution in [3.05, 3.63) is 23.9 Å². The summed E-state index contributed by atoms with van der Waals surface area (Å²) in [7, 11) is 1.61. The quantitative estimate of drug-likeness (QED) is 0.868. The second-order valence-corrected chi connectivity index (χ2v) is 6.87. The van der Waals surface area contributed by atoms with Crippen LogP contribution in [0.2, 0.25) is 0 Å². The van der Waals surface area contributed by atoms with E-state index in [1.807, 2.05) is 32.0 Å². The van der Waals surface area contributed by atoms with E-state index < -0.39 is 0 Å². The highest BCUT2D eigenvalue weighted by Crippen LogP contribution is 2.58. The minimum Gasteiger partial charge on any atom is -0.497 e. The lowest BCUT2D eigenvalue weighted by atomic mass is 9.61. The van der Waals surface area contributed by atoms with Gasteiger partial charge in [0.05, 0.1) is 12.6 Å². The minimum absolute atomic E-state index is 0.0103. The highest BCUT2D eigenvalue weighted by molar-refractivity contribution is 6.02. The molecule has 1 aromatic carbocycles. The highest BCUT2D eigenvalue weighted by Gasteiger charge is 2.64. The van der Waals surface area contributed by atoms with E-state index in [4.69, 9.17) is 9.47 Å². The van der Waals surface area contributed by atoms with Crippen LogP contribution in [0.3, 0.4) is 0 Å². The Balaban J connectivity index is 0.000000758. The smallest absolute Gasteiger partial charge is 0.359 e. The Morgan fingerprint density at radius 1 is 1.36 bits per heavy atom. The molecule has 0 amide bonds. The van der Waals surface area contributed by atoms with Crippen LogP contribution in [-0.2, 0) is 4.74 Å². The molecule has 1 N–H and O–H groups in total. The van der Waals surface area contributed by atoms with Gasteiger partial charge in [-0.15, -0.1) is 0 Å². The summed E-state index contributed by atoms with van der Waals surface area (Å²) >= 11 is 0. The fourth-order valence-corrected chi connectivity index (χ4v) is 4.64. The summed E-state index contributed by atoms with van der Waals surface area (Å²) in [6.45, 7) is 6.02. The van der Waals surface area contributed by atoms with Crippen LogP contribution in [0.25, 0.3) is 10.9 Å². The number of carbonyl (C=O) groups is 1. The second-order valence-electron chi connectivity index (χ2n) is 6.87. The fraction of sp³-hybridized carbons (Fsp3) is 0.579. The first-order valence-corrected chi connectivity index (χ1v) is 9.19. The monoisotopic (exact) mass is 343 g/mol. The number of esters is 1. The van der Waals surface area contributed by atoms with Gasteiger partial charge in [-0.1, -0.05) is 13.8 Å². The molecule has 2 saturated heterocycles. The van der Waals surface area contributed by atoms with Crippen molar-refractivity contribution < 1.29 is 14.3 Å². The largest absolute Gasteiger partial charge is 0.497 e. The highest BCUT2D eigenvalue weighted by atomic mass is 16.5. The Morgan fingerprint density at radius 2 is 2.20 bits per heavy atom. The number of carbonyl (C=O) groups excluding carboxylic acids is 1. The molecule has 25 heavy (non-hydrogen) atoms. The zero-order valence-electron chi connectivity index (χ0n) is 15.0. The zero-order valence-corrected chi connectivity index (χ0v) is 15.0. The lowest BCUT2D eigenvalue weighted by Crippen LogP contribution is -2.63. The molecule has 3 fully saturated rings. The topological polar surface area (TPSA) is 67.4 Å². The average Bonchev–Trinajstić information content (AvgIpc) is 3.07. The van der Waals surface area contributed by atoms with Gasteiger partial charge in [-0.3, -0.25) is 10.00 Å². The first-order valence-electron chi connectivity index (χ1n) is 9.19. The van der Waals surface area contributed by atoms with Gasteiger partial charge in [-0.25, -0.2) is 4.79 Å². The van der Waals surface area contributed by atoms with Gasteiger partial charge >= 0.3 is 5.97 Å². The molecule has 3 aliphatic rings. The molecule has 0 radical (unpaired) electrons. The Labute approximate surface area is 147 Å². The van der Waals surface area contributed by atoms with Crippen LogP contribution in [0.5, 0.6) is 5.75 Å².